The number of nitrogens with zero attached hydrogens (tertiary/aromatic N) is 5. The summed E-state index contributed by atoms with van der Waals surface area (Å²) in [7, 11) is 0. The molecule has 0 atom stereocenters. The van der Waals surface area contributed by atoms with Crippen LogP contribution in [0.1, 0.15) is 11.1 Å². The summed E-state index contributed by atoms with van der Waals surface area (Å²) in [6.45, 7) is 3.61. The van der Waals surface area contributed by atoms with Crippen molar-refractivity contribution in [2.24, 2.45) is 5.10 Å². The quantitative estimate of drug-likeness (QED) is 0.204. The van der Waals surface area contributed by atoms with Crippen molar-refractivity contribution in [3.63, 3.8) is 0 Å². The van der Waals surface area contributed by atoms with Gasteiger partial charge in [-0.05, 0) is 29.1 Å². The van der Waals surface area contributed by atoms with Gasteiger partial charge < -0.3 is 14.2 Å². The number of thiophene rings is 1. The van der Waals surface area contributed by atoms with Crippen molar-refractivity contribution in [1.29, 1.82) is 0 Å². The number of aromatic nitrogens is 3. The first kappa shape index (κ1) is 23.2. The molecule has 1 aliphatic rings. The van der Waals surface area contributed by atoms with Gasteiger partial charge in [-0.3, -0.25) is 0 Å². The predicted octanol–water partition coefficient (Wildman–Crippen LogP) is 6.28. The Morgan fingerprint density at radius 3 is 2.81 bits per heavy atom. The highest BCUT2D eigenvalue weighted by molar-refractivity contribution is 7.17. The van der Waals surface area contributed by atoms with Crippen LogP contribution in [0.2, 0.25) is 10.0 Å². The van der Waals surface area contributed by atoms with Crippen LogP contribution in [-0.2, 0) is 11.3 Å². The molecular weight excluding hydrogens is 515 g/mol. The molecule has 1 fully saturated rings. The Kier molecular flexibility index (Phi) is 6.50. The Bertz CT molecular complexity index is 1570. The number of nitrogens with one attached hydrogen (secondary N) is 1. The third-order valence-electron chi connectivity index (χ3n) is 6.16. The first-order valence-electron chi connectivity index (χ1n) is 11.5. The lowest BCUT2D eigenvalue weighted by atomic mass is 10.2. The van der Waals surface area contributed by atoms with Crippen molar-refractivity contribution in [3.05, 3.63) is 81.3 Å². The van der Waals surface area contributed by atoms with Crippen LogP contribution < -0.4 is 10.3 Å². The Morgan fingerprint density at radius 2 is 1.92 bits per heavy atom. The van der Waals surface area contributed by atoms with Gasteiger partial charge in [0.25, 0.3) is 0 Å². The average molecular weight is 537 g/mol. The lowest BCUT2D eigenvalue weighted by molar-refractivity contribution is 0.122. The van der Waals surface area contributed by atoms with Crippen LogP contribution >= 0.6 is 34.5 Å². The maximum absolute atomic E-state index is 6.45. The monoisotopic (exact) mass is 536 g/mol. The van der Waals surface area contributed by atoms with Gasteiger partial charge in [0.15, 0.2) is 5.82 Å². The van der Waals surface area contributed by atoms with E-state index in [1.807, 2.05) is 35.7 Å². The third-order valence-corrected chi connectivity index (χ3v) is 7.91. The van der Waals surface area contributed by atoms with Gasteiger partial charge in [0.2, 0.25) is 5.95 Å². The number of benzene rings is 2. The molecule has 1 saturated heterocycles. The average Bonchev–Trinajstić information content (AvgIpc) is 3.52. The molecule has 6 rings (SSSR count). The fourth-order valence-electron chi connectivity index (χ4n) is 4.41. The fraction of sp³-hybridized carbons (Fsp3) is 0.192. The van der Waals surface area contributed by atoms with Gasteiger partial charge in [0, 0.05) is 42.3 Å². The number of hydrogen-bond acceptors (Lipinski definition) is 7. The van der Waals surface area contributed by atoms with Crippen molar-refractivity contribution in [3.8, 4) is 0 Å². The van der Waals surface area contributed by atoms with E-state index in [4.69, 9.17) is 32.9 Å². The summed E-state index contributed by atoms with van der Waals surface area (Å²) < 4.78 is 8.74. The Balaban J connectivity index is 1.29. The second-order valence-corrected chi connectivity index (χ2v) is 10.1. The second-order valence-electron chi connectivity index (χ2n) is 8.42. The van der Waals surface area contributed by atoms with Gasteiger partial charge in [-0.25, -0.2) is 10.4 Å². The van der Waals surface area contributed by atoms with E-state index < -0.39 is 0 Å². The zero-order chi connectivity index (χ0) is 24.5. The fourth-order valence-corrected chi connectivity index (χ4v) is 5.64. The van der Waals surface area contributed by atoms with E-state index >= 15 is 0 Å². The van der Waals surface area contributed by atoms with E-state index in [2.05, 4.69) is 43.3 Å². The van der Waals surface area contributed by atoms with E-state index in [0.29, 0.717) is 35.8 Å². The number of hydrogen-bond donors (Lipinski definition) is 1. The summed E-state index contributed by atoms with van der Waals surface area (Å²) >= 11 is 14.3. The first-order valence-corrected chi connectivity index (χ1v) is 13.2. The van der Waals surface area contributed by atoms with Gasteiger partial charge in [-0.2, -0.15) is 10.1 Å². The molecule has 0 spiro atoms. The van der Waals surface area contributed by atoms with Crippen LogP contribution in [0.15, 0.2) is 65.2 Å². The Hall–Kier alpha value is -3.17. The molecule has 0 unspecified atom stereocenters. The highest BCUT2D eigenvalue weighted by atomic mass is 35.5. The zero-order valence-electron chi connectivity index (χ0n) is 19.2. The van der Waals surface area contributed by atoms with E-state index in [-0.39, 0.29) is 0 Å². The molecule has 10 heteroatoms. The summed E-state index contributed by atoms with van der Waals surface area (Å²) in [5.74, 6) is 1.39. The van der Waals surface area contributed by atoms with Crippen LogP contribution in [0.25, 0.3) is 21.1 Å². The standard InChI is InChI=1S/C26H22Cl2N6OS/c27-20-6-3-4-17(23(20)28)15-34-16-18(19-5-1-2-7-22(19)34)14-29-32-26-30-21-8-13-36-24(21)25(31-26)33-9-11-35-12-10-33/h1-8,13-14,16H,9-12,15H2,(H,30,31,32)/b29-14+. The number of hydrazone groups is 1. The lowest BCUT2D eigenvalue weighted by Gasteiger charge is -2.28. The van der Waals surface area contributed by atoms with Crippen LogP contribution in [-0.4, -0.2) is 47.1 Å². The Morgan fingerprint density at radius 1 is 1.06 bits per heavy atom. The number of rotatable bonds is 6. The molecule has 0 amide bonds. The molecule has 1 N–H and O–H groups in total. The maximum atomic E-state index is 6.45. The Labute approximate surface area is 221 Å². The summed E-state index contributed by atoms with van der Waals surface area (Å²) in [4.78, 5) is 11.7. The topological polar surface area (TPSA) is 67.6 Å². The minimum Gasteiger partial charge on any atom is -0.378 e. The third kappa shape index (κ3) is 4.53. The molecule has 7 nitrogen and oxygen atoms in total. The largest absolute Gasteiger partial charge is 0.378 e. The number of ether oxygens (including phenoxy) is 1. The highest BCUT2D eigenvalue weighted by Crippen LogP contribution is 2.31. The number of anilines is 2. The minimum absolute atomic E-state index is 0.466. The minimum atomic E-state index is 0.466. The van der Waals surface area contributed by atoms with Gasteiger partial charge in [0.1, 0.15) is 0 Å². The van der Waals surface area contributed by atoms with E-state index in [1.54, 1.807) is 23.6 Å². The van der Waals surface area contributed by atoms with Crippen molar-refractivity contribution < 1.29 is 4.74 Å². The van der Waals surface area contributed by atoms with Crippen molar-refractivity contribution in [2.45, 2.75) is 6.54 Å². The molecular formula is C26H22Cl2N6OS. The number of fused-ring (bicyclic) bond motifs is 2. The summed E-state index contributed by atoms with van der Waals surface area (Å²) in [5.41, 5.74) is 6.96. The highest BCUT2D eigenvalue weighted by Gasteiger charge is 2.18. The van der Waals surface area contributed by atoms with Crippen molar-refractivity contribution >= 4 is 73.6 Å². The first-order chi connectivity index (χ1) is 17.7. The van der Waals surface area contributed by atoms with E-state index in [1.165, 1.54) is 0 Å². The second kappa shape index (κ2) is 10.1. The summed E-state index contributed by atoms with van der Waals surface area (Å²) in [6.07, 6.45) is 3.86. The molecule has 4 heterocycles. The molecule has 0 saturated carbocycles. The van der Waals surface area contributed by atoms with Crippen molar-refractivity contribution in [2.75, 3.05) is 36.6 Å². The van der Waals surface area contributed by atoms with Gasteiger partial charge in [-0.15, -0.1) is 11.3 Å². The maximum Gasteiger partial charge on any atom is 0.246 e. The van der Waals surface area contributed by atoms with Crippen molar-refractivity contribution in [1.82, 2.24) is 14.5 Å². The normalized spacial score (nSPS) is 14.3. The summed E-state index contributed by atoms with van der Waals surface area (Å²) in [6, 6.07) is 15.9. The van der Waals surface area contributed by atoms with Gasteiger partial charge in [-0.1, -0.05) is 53.5 Å². The summed E-state index contributed by atoms with van der Waals surface area (Å²) in [5, 5.41) is 8.74. The SMILES string of the molecule is Clc1cccc(Cn2cc(/C=N/Nc3nc(N4CCOCC4)c4sccc4n3)c3ccccc32)c1Cl. The number of para-hydroxylation sites is 1. The predicted molar refractivity (Wildman–Crippen MR) is 149 cm³/mol. The molecule has 0 bridgehead atoms. The lowest BCUT2D eigenvalue weighted by Crippen LogP contribution is -2.36. The number of morpholine rings is 1. The smallest absolute Gasteiger partial charge is 0.246 e. The molecule has 1 aliphatic heterocycles. The molecule has 5 aromatic rings. The molecule has 182 valence electrons. The van der Waals surface area contributed by atoms with E-state index in [0.717, 1.165) is 51.2 Å². The molecule has 3 aromatic heterocycles. The van der Waals surface area contributed by atoms with Crippen LogP contribution in [0.4, 0.5) is 11.8 Å². The van der Waals surface area contributed by atoms with Crippen LogP contribution in [0, 0.1) is 0 Å². The zero-order valence-corrected chi connectivity index (χ0v) is 21.5. The number of halogens is 2. The van der Waals surface area contributed by atoms with Gasteiger partial charge in [0.05, 0.1) is 39.7 Å². The molecule has 0 radical (unpaired) electrons. The molecule has 0 aliphatic carbocycles. The van der Waals surface area contributed by atoms with Crippen LogP contribution in [0.5, 0.6) is 0 Å². The molecule has 36 heavy (non-hydrogen) atoms. The van der Waals surface area contributed by atoms with E-state index in [9.17, 15) is 0 Å². The van der Waals surface area contributed by atoms with Gasteiger partial charge >= 0.3 is 0 Å². The van der Waals surface area contributed by atoms with Crippen LogP contribution in [0.3, 0.4) is 0 Å². The molecule has 2 aromatic carbocycles.